The van der Waals surface area contributed by atoms with Crippen molar-refractivity contribution >= 4 is 10.9 Å². The minimum Gasteiger partial charge on any atom is -0.261 e. The molecular formula is C20H23N3. The number of aromatic nitrogens is 3. The van der Waals surface area contributed by atoms with Crippen LogP contribution < -0.4 is 0 Å². The smallest absolute Gasteiger partial charge is 0.0708 e. The Bertz CT molecular complexity index is 781. The Balaban J connectivity index is 1.84. The summed E-state index contributed by atoms with van der Waals surface area (Å²) in [6.45, 7) is 6.67. The Hall–Kier alpha value is -2.29. The first-order valence-corrected chi connectivity index (χ1v) is 8.26. The SMILES string of the molecule is CC(C)Cc1ccc2ccc(CC(C)c3cnccn3)nc2c1. The summed E-state index contributed by atoms with van der Waals surface area (Å²) in [4.78, 5) is 13.4. The van der Waals surface area contributed by atoms with Crippen LogP contribution in [0.15, 0.2) is 48.9 Å². The van der Waals surface area contributed by atoms with Crippen LogP contribution in [0.2, 0.25) is 0 Å². The first kappa shape index (κ1) is 15.6. The highest BCUT2D eigenvalue weighted by Gasteiger charge is 2.10. The third-order valence-corrected chi connectivity index (χ3v) is 4.06. The molecule has 0 saturated heterocycles. The lowest BCUT2D eigenvalue weighted by Crippen LogP contribution is -2.03. The summed E-state index contributed by atoms with van der Waals surface area (Å²) in [6.07, 6.45) is 7.27. The molecule has 118 valence electrons. The van der Waals surface area contributed by atoms with Gasteiger partial charge in [0.15, 0.2) is 0 Å². The van der Waals surface area contributed by atoms with Gasteiger partial charge in [-0.3, -0.25) is 15.0 Å². The van der Waals surface area contributed by atoms with Crippen molar-refractivity contribution in [2.24, 2.45) is 5.92 Å². The predicted octanol–water partition coefficient (Wildman–Crippen LogP) is 4.57. The van der Waals surface area contributed by atoms with Gasteiger partial charge in [-0.25, -0.2) is 0 Å². The van der Waals surface area contributed by atoms with Crippen LogP contribution in [0.5, 0.6) is 0 Å². The van der Waals surface area contributed by atoms with Crippen LogP contribution in [-0.2, 0) is 12.8 Å². The number of hydrogen-bond acceptors (Lipinski definition) is 3. The van der Waals surface area contributed by atoms with Crippen molar-refractivity contribution < 1.29 is 0 Å². The molecule has 1 aromatic carbocycles. The van der Waals surface area contributed by atoms with Gasteiger partial charge in [0.2, 0.25) is 0 Å². The molecule has 0 spiro atoms. The van der Waals surface area contributed by atoms with E-state index in [-0.39, 0.29) is 0 Å². The second kappa shape index (κ2) is 6.86. The lowest BCUT2D eigenvalue weighted by atomic mass is 9.99. The molecule has 2 aromatic heterocycles. The molecule has 1 atom stereocenters. The highest BCUT2D eigenvalue weighted by atomic mass is 14.8. The van der Waals surface area contributed by atoms with Crippen molar-refractivity contribution in [3.8, 4) is 0 Å². The van der Waals surface area contributed by atoms with E-state index in [4.69, 9.17) is 4.98 Å². The van der Waals surface area contributed by atoms with Gasteiger partial charge in [-0.05, 0) is 36.5 Å². The molecule has 2 heterocycles. The van der Waals surface area contributed by atoms with Crippen molar-refractivity contribution in [3.63, 3.8) is 0 Å². The van der Waals surface area contributed by atoms with Crippen molar-refractivity contribution in [2.45, 2.75) is 39.5 Å². The number of rotatable bonds is 5. The van der Waals surface area contributed by atoms with Crippen LogP contribution >= 0.6 is 0 Å². The molecule has 3 rings (SSSR count). The molecule has 0 bridgehead atoms. The first-order valence-electron chi connectivity index (χ1n) is 8.26. The summed E-state index contributed by atoms with van der Waals surface area (Å²) in [5.41, 5.74) is 4.58. The molecular weight excluding hydrogens is 282 g/mol. The topological polar surface area (TPSA) is 38.7 Å². The van der Waals surface area contributed by atoms with Crippen LogP contribution in [0.1, 0.15) is 43.6 Å². The minimum atomic E-state index is 0.312. The van der Waals surface area contributed by atoms with Crippen molar-refractivity contribution in [2.75, 3.05) is 0 Å². The summed E-state index contributed by atoms with van der Waals surface area (Å²) < 4.78 is 0. The number of benzene rings is 1. The second-order valence-electron chi connectivity index (χ2n) is 6.66. The van der Waals surface area contributed by atoms with E-state index in [1.807, 2.05) is 6.20 Å². The van der Waals surface area contributed by atoms with Gasteiger partial charge in [0.1, 0.15) is 0 Å². The van der Waals surface area contributed by atoms with E-state index in [0.29, 0.717) is 11.8 Å². The van der Waals surface area contributed by atoms with E-state index >= 15 is 0 Å². The Kier molecular flexibility index (Phi) is 4.65. The Morgan fingerprint density at radius 2 is 1.78 bits per heavy atom. The van der Waals surface area contributed by atoms with Gasteiger partial charge in [-0.1, -0.05) is 39.0 Å². The average molecular weight is 305 g/mol. The van der Waals surface area contributed by atoms with Crippen molar-refractivity contribution in [1.29, 1.82) is 0 Å². The quantitative estimate of drug-likeness (QED) is 0.693. The molecule has 3 aromatic rings. The molecule has 3 nitrogen and oxygen atoms in total. The number of nitrogens with zero attached hydrogens (tertiary/aromatic N) is 3. The van der Waals surface area contributed by atoms with Gasteiger partial charge in [-0.15, -0.1) is 0 Å². The monoisotopic (exact) mass is 305 g/mol. The van der Waals surface area contributed by atoms with Crippen LogP contribution in [0.25, 0.3) is 10.9 Å². The van der Waals surface area contributed by atoms with E-state index in [1.54, 1.807) is 12.4 Å². The maximum atomic E-state index is 4.86. The number of pyridine rings is 1. The Labute approximate surface area is 137 Å². The standard InChI is InChI=1S/C20H23N3/c1-14(2)10-16-4-5-17-6-7-18(23-19(17)12-16)11-15(3)20-13-21-8-9-22-20/h4-9,12-15H,10-11H2,1-3H3. The largest absolute Gasteiger partial charge is 0.261 e. The van der Waals surface area contributed by atoms with Gasteiger partial charge in [-0.2, -0.15) is 0 Å². The van der Waals surface area contributed by atoms with Gasteiger partial charge >= 0.3 is 0 Å². The zero-order chi connectivity index (χ0) is 16.2. The fourth-order valence-corrected chi connectivity index (χ4v) is 2.90. The van der Waals surface area contributed by atoms with E-state index in [2.05, 4.69) is 61.1 Å². The normalized spacial score (nSPS) is 12.7. The van der Waals surface area contributed by atoms with Gasteiger partial charge < -0.3 is 0 Å². The summed E-state index contributed by atoms with van der Waals surface area (Å²) in [6, 6.07) is 10.9. The molecule has 0 aliphatic carbocycles. The molecule has 0 aliphatic rings. The molecule has 3 heteroatoms. The van der Waals surface area contributed by atoms with E-state index < -0.39 is 0 Å². The molecule has 0 radical (unpaired) electrons. The maximum absolute atomic E-state index is 4.86. The van der Waals surface area contributed by atoms with Crippen molar-refractivity contribution in [1.82, 2.24) is 15.0 Å². The van der Waals surface area contributed by atoms with Crippen LogP contribution in [-0.4, -0.2) is 15.0 Å². The highest BCUT2D eigenvalue weighted by molar-refractivity contribution is 5.79. The van der Waals surface area contributed by atoms with Gasteiger partial charge in [0.05, 0.1) is 11.2 Å². The van der Waals surface area contributed by atoms with Gasteiger partial charge in [0, 0.05) is 35.6 Å². The lowest BCUT2D eigenvalue weighted by molar-refractivity contribution is 0.647. The third-order valence-electron chi connectivity index (χ3n) is 4.06. The molecule has 0 amide bonds. The fraction of sp³-hybridized carbons (Fsp3) is 0.350. The maximum Gasteiger partial charge on any atom is 0.0708 e. The fourth-order valence-electron chi connectivity index (χ4n) is 2.90. The zero-order valence-electron chi connectivity index (χ0n) is 14.0. The Morgan fingerprint density at radius 3 is 2.52 bits per heavy atom. The molecule has 23 heavy (non-hydrogen) atoms. The summed E-state index contributed by atoms with van der Waals surface area (Å²) in [7, 11) is 0. The Morgan fingerprint density at radius 1 is 0.957 bits per heavy atom. The molecule has 0 fully saturated rings. The molecule has 0 aliphatic heterocycles. The second-order valence-corrected chi connectivity index (χ2v) is 6.66. The highest BCUT2D eigenvalue weighted by Crippen LogP contribution is 2.21. The predicted molar refractivity (Wildman–Crippen MR) is 94.4 cm³/mol. The number of hydrogen-bond donors (Lipinski definition) is 0. The number of fused-ring (bicyclic) bond motifs is 1. The average Bonchev–Trinajstić information content (AvgIpc) is 2.55. The molecule has 0 saturated carbocycles. The first-order chi connectivity index (χ1) is 11.1. The molecule has 0 N–H and O–H groups in total. The molecule has 1 unspecified atom stereocenters. The van der Waals surface area contributed by atoms with E-state index in [0.717, 1.165) is 29.7 Å². The zero-order valence-corrected chi connectivity index (χ0v) is 14.0. The summed E-state index contributed by atoms with van der Waals surface area (Å²) in [5, 5.41) is 1.20. The van der Waals surface area contributed by atoms with E-state index in [9.17, 15) is 0 Å². The summed E-state index contributed by atoms with van der Waals surface area (Å²) >= 11 is 0. The van der Waals surface area contributed by atoms with E-state index in [1.165, 1.54) is 10.9 Å². The third kappa shape index (κ3) is 3.92. The summed E-state index contributed by atoms with van der Waals surface area (Å²) in [5.74, 6) is 0.972. The lowest BCUT2D eigenvalue weighted by Gasteiger charge is -2.11. The minimum absolute atomic E-state index is 0.312. The van der Waals surface area contributed by atoms with Crippen LogP contribution in [0, 0.1) is 5.92 Å². The van der Waals surface area contributed by atoms with Gasteiger partial charge in [0.25, 0.3) is 0 Å². The van der Waals surface area contributed by atoms with Crippen LogP contribution in [0.3, 0.4) is 0 Å². The van der Waals surface area contributed by atoms with Crippen LogP contribution in [0.4, 0.5) is 0 Å². The van der Waals surface area contributed by atoms with Crippen molar-refractivity contribution in [3.05, 3.63) is 65.9 Å².